The molecular weight excluding hydrogens is 290 g/mol. The van der Waals surface area contributed by atoms with Gasteiger partial charge in [0.05, 0.1) is 18.2 Å². The molecule has 5 nitrogen and oxygen atoms in total. The van der Waals surface area contributed by atoms with E-state index < -0.39 is 0 Å². The monoisotopic (exact) mass is 313 g/mol. The lowest BCUT2D eigenvalue weighted by Crippen LogP contribution is -2.47. The molecule has 5 heteroatoms. The Morgan fingerprint density at radius 1 is 1.39 bits per heavy atom. The minimum Gasteiger partial charge on any atom is -0.481 e. The lowest BCUT2D eigenvalue weighted by Gasteiger charge is -2.36. The van der Waals surface area contributed by atoms with Crippen molar-refractivity contribution in [2.24, 2.45) is 0 Å². The van der Waals surface area contributed by atoms with Crippen molar-refractivity contribution in [3.05, 3.63) is 35.9 Å². The largest absolute Gasteiger partial charge is 0.481 e. The molecule has 1 aromatic heterocycles. The summed E-state index contributed by atoms with van der Waals surface area (Å²) in [6.07, 6.45) is 2.17. The number of piperidine rings is 1. The second-order valence-electron chi connectivity index (χ2n) is 6.20. The summed E-state index contributed by atoms with van der Waals surface area (Å²) in [6.45, 7) is 2.02. The van der Waals surface area contributed by atoms with Gasteiger partial charge in [0.15, 0.2) is 0 Å². The number of fused-ring (bicyclic) bond motifs is 1. The van der Waals surface area contributed by atoms with Crippen LogP contribution in [0.3, 0.4) is 0 Å². The summed E-state index contributed by atoms with van der Waals surface area (Å²) < 4.78 is 5.27. The number of carbonyl (C=O) groups is 1. The highest BCUT2D eigenvalue weighted by atomic mass is 16.5. The van der Waals surface area contributed by atoms with Gasteiger partial charge in [-0.25, -0.2) is 4.98 Å². The molecule has 1 aromatic carbocycles. The molecule has 1 aliphatic rings. The van der Waals surface area contributed by atoms with E-state index >= 15 is 0 Å². The summed E-state index contributed by atoms with van der Waals surface area (Å²) in [5.41, 5.74) is 1.44. The Morgan fingerprint density at radius 2 is 2.17 bits per heavy atom. The van der Waals surface area contributed by atoms with Crippen molar-refractivity contribution in [1.29, 1.82) is 0 Å². The van der Waals surface area contributed by atoms with Crippen molar-refractivity contribution in [2.45, 2.75) is 18.9 Å². The predicted octanol–water partition coefficient (Wildman–Crippen LogP) is 2.41. The highest BCUT2D eigenvalue weighted by Gasteiger charge is 2.26. The summed E-state index contributed by atoms with van der Waals surface area (Å²) in [4.78, 5) is 21.6. The van der Waals surface area contributed by atoms with Crippen molar-refractivity contribution >= 4 is 16.8 Å². The number of amides is 1. The molecule has 0 spiro atoms. The summed E-state index contributed by atoms with van der Waals surface area (Å²) in [5, 5.41) is 0.870. The zero-order valence-corrected chi connectivity index (χ0v) is 14.0. The van der Waals surface area contributed by atoms with Gasteiger partial charge in [0.2, 0.25) is 5.88 Å². The van der Waals surface area contributed by atoms with Gasteiger partial charge in [-0.2, -0.15) is 0 Å². The van der Waals surface area contributed by atoms with Gasteiger partial charge in [0, 0.05) is 31.1 Å². The molecule has 1 saturated heterocycles. The molecule has 1 amide bonds. The van der Waals surface area contributed by atoms with E-state index in [4.69, 9.17) is 4.74 Å². The van der Waals surface area contributed by atoms with Crippen LogP contribution in [0.2, 0.25) is 0 Å². The number of benzene rings is 1. The number of likely N-dealkylation sites (tertiary alicyclic amines) is 1. The first kappa shape index (κ1) is 15.7. The highest BCUT2D eigenvalue weighted by Crippen LogP contribution is 2.24. The van der Waals surface area contributed by atoms with Crippen molar-refractivity contribution in [3.63, 3.8) is 0 Å². The van der Waals surface area contributed by atoms with Gasteiger partial charge in [-0.1, -0.05) is 18.2 Å². The Morgan fingerprint density at radius 3 is 2.91 bits per heavy atom. The third-order valence-corrected chi connectivity index (χ3v) is 4.60. The second kappa shape index (κ2) is 6.54. The maximum Gasteiger partial charge on any atom is 0.254 e. The molecule has 1 atom stereocenters. The topological polar surface area (TPSA) is 45.7 Å². The van der Waals surface area contributed by atoms with Crippen LogP contribution in [0.25, 0.3) is 10.9 Å². The molecule has 0 saturated carbocycles. The lowest BCUT2D eigenvalue weighted by molar-refractivity contribution is 0.0645. The number of aromatic nitrogens is 1. The third-order valence-electron chi connectivity index (χ3n) is 4.60. The van der Waals surface area contributed by atoms with Crippen LogP contribution in [0, 0.1) is 0 Å². The zero-order valence-electron chi connectivity index (χ0n) is 14.0. The molecule has 1 fully saturated rings. The van der Waals surface area contributed by atoms with E-state index in [1.54, 1.807) is 13.2 Å². The highest BCUT2D eigenvalue weighted by molar-refractivity contribution is 6.06. The fourth-order valence-corrected chi connectivity index (χ4v) is 3.24. The van der Waals surface area contributed by atoms with E-state index in [-0.39, 0.29) is 11.9 Å². The maximum absolute atomic E-state index is 13.1. The summed E-state index contributed by atoms with van der Waals surface area (Å²) in [7, 11) is 5.58. The molecule has 3 rings (SSSR count). The Hall–Kier alpha value is -2.14. The number of pyridine rings is 1. The Kier molecular flexibility index (Phi) is 4.48. The van der Waals surface area contributed by atoms with Crippen molar-refractivity contribution < 1.29 is 9.53 Å². The third kappa shape index (κ3) is 3.15. The molecule has 122 valence electrons. The summed E-state index contributed by atoms with van der Waals surface area (Å²) in [6, 6.07) is 9.69. The lowest BCUT2D eigenvalue weighted by atomic mass is 10.0. The van der Waals surface area contributed by atoms with Crippen LogP contribution in [-0.4, -0.2) is 61.0 Å². The predicted molar refractivity (Wildman–Crippen MR) is 90.9 cm³/mol. The normalized spacial score (nSPS) is 18.8. The Balaban J connectivity index is 1.96. The molecule has 23 heavy (non-hydrogen) atoms. The fourth-order valence-electron chi connectivity index (χ4n) is 3.24. The molecule has 0 aliphatic carbocycles. The first-order valence-electron chi connectivity index (χ1n) is 7.99. The number of methoxy groups -OCH3 is 1. The standard InChI is InChI=1S/C18H23N3O2/c1-20-10-6-7-13(12-20)21(2)18(22)15-11-17(23-3)19-16-9-5-4-8-14(15)16/h4-5,8-9,11,13H,6-7,10,12H2,1-3H3. The molecular formula is C18H23N3O2. The molecule has 1 aliphatic heterocycles. The van der Waals surface area contributed by atoms with Crippen LogP contribution in [0.4, 0.5) is 0 Å². The van der Waals surface area contributed by atoms with Crippen molar-refractivity contribution in [1.82, 2.24) is 14.8 Å². The van der Waals surface area contributed by atoms with E-state index in [1.165, 1.54) is 0 Å². The van der Waals surface area contributed by atoms with Crippen LogP contribution in [0.1, 0.15) is 23.2 Å². The molecule has 1 unspecified atom stereocenters. The number of rotatable bonds is 3. The Labute approximate surface area is 136 Å². The quantitative estimate of drug-likeness (QED) is 0.873. The number of nitrogens with zero attached hydrogens (tertiary/aromatic N) is 3. The number of ether oxygens (including phenoxy) is 1. The number of hydrogen-bond donors (Lipinski definition) is 0. The minimum atomic E-state index is 0.0298. The molecule has 0 N–H and O–H groups in total. The fraction of sp³-hybridized carbons (Fsp3) is 0.444. The molecule has 0 bridgehead atoms. The maximum atomic E-state index is 13.1. The van der Waals surface area contributed by atoms with Gasteiger partial charge in [-0.05, 0) is 32.5 Å². The van der Waals surface area contributed by atoms with Gasteiger partial charge in [0.25, 0.3) is 5.91 Å². The molecule has 2 heterocycles. The van der Waals surface area contributed by atoms with E-state index in [0.717, 1.165) is 36.8 Å². The van der Waals surface area contributed by atoms with Gasteiger partial charge >= 0.3 is 0 Å². The van der Waals surface area contributed by atoms with Gasteiger partial charge in [0.1, 0.15) is 0 Å². The van der Waals surface area contributed by atoms with E-state index in [9.17, 15) is 4.79 Å². The average molecular weight is 313 g/mol. The van der Waals surface area contributed by atoms with Crippen molar-refractivity contribution in [3.8, 4) is 5.88 Å². The number of para-hydroxylation sites is 1. The van der Waals surface area contributed by atoms with E-state index in [0.29, 0.717) is 11.4 Å². The minimum absolute atomic E-state index is 0.0298. The van der Waals surface area contributed by atoms with Crippen LogP contribution in [0.5, 0.6) is 5.88 Å². The molecule has 2 aromatic rings. The first-order chi connectivity index (χ1) is 11.1. The smallest absolute Gasteiger partial charge is 0.254 e. The van der Waals surface area contributed by atoms with E-state index in [2.05, 4.69) is 16.9 Å². The van der Waals surface area contributed by atoms with Gasteiger partial charge in [-0.15, -0.1) is 0 Å². The molecule has 0 radical (unpaired) electrons. The number of likely N-dealkylation sites (N-methyl/N-ethyl adjacent to an activating group) is 2. The SMILES string of the molecule is COc1cc(C(=O)N(C)C2CCCN(C)C2)c2ccccc2n1. The average Bonchev–Trinajstić information content (AvgIpc) is 2.59. The van der Waals surface area contributed by atoms with Gasteiger partial charge in [-0.3, -0.25) is 4.79 Å². The second-order valence-corrected chi connectivity index (χ2v) is 6.20. The van der Waals surface area contributed by atoms with Crippen LogP contribution < -0.4 is 4.74 Å². The van der Waals surface area contributed by atoms with Crippen LogP contribution in [-0.2, 0) is 0 Å². The van der Waals surface area contributed by atoms with Crippen LogP contribution >= 0.6 is 0 Å². The van der Waals surface area contributed by atoms with Gasteiger partial charge < -0.3 is 14.5 Å². The number of carbonyl (C=O) groups excluding carboxylic acids is 1. The zero-order chi connectivity index (χ0) is 16.4. The summed E-state index contributed by atoms with van der Waals surface area (Å²) >= 11 is 0. The Bertz CT molecular complexity index is 716. The van der Waals surface area contributed by atoms with Crippen LogP contribution in [0.15, 0.2) is 30.3 Å². The van der Waals surface area contributed by atoms with E-state index in [1.807, 2.05) is 36.2 Å². The van der Waals surface area contributed by atoms with Crippen molar-refractivity contribution in [2.75, 3.05) is 34.3 Å². The number of hydrogen-bond acceptors (Lipinski definition) is 4. The first-order valence-corrected chi connectivity index (χ1v) is 7.99. The summed E-state index contributed by atoms with van der Waals surface area (Å²) in [5.74, 6) is 0.503.